The van der Waals surface area contributed by atoms with Crippen molar-refractivity contribution in [2.45, 2.75) is 24.2 Å². The van der Waals surface area contributed by atoms with Crippen molar-refractivity contribution in [1.29, 1.82) is 0 Å². The van der Waals surface area contributed by atoms with Gasteiger partial charge in [-0.05, 0) is 42.9 Å². The summed E-state index contributed by atoms with van der Waals surface area (Å²) in [6, 6.07) is 18.2. The Bertz CT molecular complexity index is 799. The molecular weight excluding hydrogens is 368 g/mol. The largest absolute Gasteiger partial charge is 0.348 e. The van der Waals surface area contributed by atoms with Crippen LogP contribution in [0.3, 0.4) is 0 Å². The van der Waals surface area contributed by atoms with E-state index in [9.17, 15) is 9.59 Å². The van der Waals surface area contributed by atoms with Gasteiger partial charge in [0.15, 0.2) is 0 Å². The Hall–Kier alpha value is -2.27. The summed E-state index contributed by atoms with van der Waals surface area (Å²) in [5, 5.41) is 0. The second-order valence-corrected chi connectivity index (χ2v) is 8.52. The van der Waals surface area contributed by atoms with Gasteiger partial charge in [-0.1, -0.05) is 42.5 Å². The smallest absolute Gasteiger partial charge is 0.254 e. The molecule has 148 valence electrons. The molecule has 3 rings (SSSR count). The molecule has 0 saturated carbocycles. The topological polar surface area (TPSA) is 40.6 Å². The van der Waals surface area contributed by atoms with Gasteiger partial charge in [0.25, 0.3) is 5.91 Å². The van der Waals surface area contributed by atoms with Crippen LogP contribution in [0.25, 0.3) is 0 Å². The van der Waals surface area contributed by atoms with Gasteiger partial charge in [0.05, 0.1) is 11.3 Å². The summed E-state index contributed by atoms with van der Waals surface area (Å²) < 4.78 is 0. The van der Waals surface area contributed by atoms with Gasteiger partial charge >= 0.3 is 0 Å². The van der Waals surface area contributed by atoms with Gasteiger partial charge in [0.2, 0.25) is 5.91 Å². The molecule has 0 atom stereocenters. The standard InChI is InChI=1S/C23H28N2O2S/c1-24(2)22(26)17-28-21-11-7-6-10-20(21)23(27)25-14-12-19(13-15-25)16-18-8-4-3-5-9-18/h3-11,19H,12-17H2,1-2H3. The normalized spacial score (nSPS) is 14.7. The molecular formula is C23H28N2O2S. The SMILES string of the molecule is CN(C)C(=O)CSc1ccccc1C(=O)N1CCC(Cc2ccccc2)CC1. The van der Waals surface area contributed by atoms with Gasteiger partial charge < -0.3 is 9.80 Å². The lowest BCUT2D eigenvalue weighted by atomic mass is 9.90. The fourth-order valence-corrected chi connectivity index (χ4v) is 4.52. The summed E-state index contributed by atoms with van der Waals surface area (Å²) in [5.74, 6) is 1.11. The number of nitrogens with zero attached hydrogens (tertiary/aromatic N) is 2. The van der Waals surface area contributed by atoms with Crippen molar-refractivity contribution in [3.05, 3.63) is 65.7 Å². The van der Waals surface area contributed by atoms with E-state index >= 15 is 0 Å². The first-order valence-electron chi connectivity index (χ1n) is 9.80. The second-order valence-electron chi connectivity index (χ2n) is 7.50. The number of likely N-dealkylation sites (tertiary alicyclic amines) is 1. The summed E-state index contributed by atoms with van der Waals surface area (Å²) in [7, 11) is 3.50. The van der Waals surface area contributed by atoms with Crippen LogP contribution >= 0.6 is 11.8 Å². The third-order valence-electron chi connectivity index (χ3n) is 5.24. The number of hydrogen-bond acceptors (Lipinski definition) is 3. The molecule has 2 aromatic rings. The van der Waals surface area contributed by atoms with Gasteiger partial charge in [0.1, 0.15) is 0 Å². The maximum absolute atomic E-state index is 13.1. The second kappa shape index (κ2) is 9.78. The van der Waals surface area contributed by atoms with Crippen LogP contribution in [0.2, 0.25) is 0 Å². The van der Waals surface area contributed by atoms with Gasteiger partial charge in [-0.15, -0.1) is 11.8 Å². The predicted octanol–water partition coefficient (Wildman–Crippen LogP) is 3.96. The highest BCUT2D eigenvalue weighted by molar-refractivity contribution is 8.00. The minimum Gasteiger partial charge on any atom is -0.348 e. The molecule has 0 radical (unpaired) electrons. The molecule has 0 N–H and O–H groups in total. The van der Waals surface area contributed by atoms with Crippen LogP contribution in [0.4, 0.5) is 0 Å². The zero-order valence-corrected chi connectivity index (χ0v) is 17.5. The summed E-state index contributed by atoms with van der Waals surface area (Å²) >= 11 is 1.44. The van der Waals surface area contributed by atoms with E-state index in [1.54, 1.807) is 19.0 Å². The first-order chi connectivity index (χ1) is 13.5. The highest BCUT2D eigenvalue weighted by Gasteiger charge is 2.25. The highest BCUT2D eigenvalue weighted by atomic mass is 32.2. The summed E-state index contributed by atoms with van der Waals surface area (Å²) in [4.78, 5) is 29.4. The van der Waals surface area contributed by atoms with Gasteiger partial charge in [-0.2, -0.15) is 0 Å². The minimum absolute atomic E-state index is 0.0500. The Morgan fingerprint density at radius 3 is 2.32 bits per heavy atom. The average Bonchev–Trinajstić information content (AvgIpc) is 2.73. The van der Waals surface area contributed by atoms with E-state index in [4.69, 9.17) is 0 Å². The van der Waals surface area contributed by atoms with Crippen molar-refractivity contribution in [3.63, 3.8) is 0 Å². The summed E-state index contributed by atoms with van der Waals surface area (Å²) in [6.45, 7) is 1.60. The number of carbonyl (C=O) groups is 2. The van der Waals surface area contributed by atoms with Crippen LogP contribution in [-0.4, -0.2) is 54.6 Å². The maximum Gasteiger partial charge on any atom is 0.254 e. The highest BCUT2D eigenvalue weighted by Crippen LogP contribution is 2.27. The zero-order valence-electron chi connectivity index (χ0n) is 16.6. The maximum atomic E-state index is 13.1. The molecule has 0 aliphatic carbocycles. The Morgan fingerprint density at radius 1 is 1.00 bits per heavy atom. The van der Waals surface area contributed by atoms with Crippen LogP contribution < -0.4 is 0 Å². The number of amides is 2. The molecule has 0 aromatic heterocycles. The monoisotopic (exact) mass is 396 g/mol. The lowest BCUT2D eigenvalue weighted by molar-refractivity contribution is -0.125. The Kier molecular flexibility index (Phi) is 7.15. The number of hydrogen-bond donors (Lipinski definition) is 0. The molecule has 4 nitrogen and oxygen atoms in total. The number of piperidine rings is 1. The van der Waals surface area contributed by atoms with Crippen molar-refractivity contribution in [2.75, 3.05) is 32.9 Å². The first kappa shape index (κ1) is 20.5. The van der Waals surface area contributed by atoms with Gasteiger partial charge in [-0.25, -0.2) is 0 Å². The van der Waals surface area contributed by atoms with Crippen molar-refractivity contribution >= 4 is 23.6 Å². The molecule has 1 saturated heterocycles. The van der Waals surface area contributed by atoms with Crippen molar-refractivity contribution in [1.82, 2.24) is 9.80 Å². The Labute approximate surface area is 171 Å². The van der Waals surface area contributed by atoms with Crippen LogP contribution in [-0.2, 0) is 11.2 Å². The average molecular weight is 397 g/mol. The molecule has 1 heterocycles. The molecule has 1 aliphatic rings. The van der Waals surface area contributed by atoms with Crippen molar-refractivity contribution < 1.29 is 9.59 Å². The van der Waals surface area contributed by atoms with E-state index in [-0.39, 0.29) is 11.8 Å². The van der Waals surface area contributed by atoms with Crippen LogP contribution in [0.1, 0.15) is 28.8 Å². The molecule has 5 heteroatoms. The van der Waals surface area contributed by atoms with E-state index in [1.807, 2.05) is 35.2 Å². The third kappa shape index (κ3) is 5.38. The van der Waals surface area contributed by atoms with E-state index in [0.29, 0.717) is 17.2 Å². The molecule has 1 aliphatic heterocycles. The quantitative estimate of drug-likeness (QED) is 0.694. The number of carbonyl (C=O) groups excluding carboxylic acids is 2. The number of benzene rings is 2. The van der Waals surface area contributed by atoms with E-state index in [1.165, 1.54) is 17.3 Å². The number of thioether (sulfide) groups is 1. The molecule has 2 aromatic carbocycles. The lowest BCUT2D eigenvalue weighted by Crippen LogP contribution is -2.39. The number of rotatable bonds is 6. The first-order valence-corrected chi connectivity index (χ1v) is 10.8. The predicted molar refractivity (Wildman–Crippen MR) is 115 cm³/mol. The molecule has 0 bridgehead atoms. The fourth-order valence-electron chi connectivity index (χ4n) is 3.50. The molecule has 1 fully saturated rings. The fraction of sp³-hybridized carbons (Fsp3) is 0.391. The molecule has 0 spiro atoms. The van der Waals surface area contributed by atoms with Crippen LogP contribution in [0.5, 0.6) is 0 Å². The van der Waals surface area contributed by atoms with E-state index < -0.39 is 0 Å². The lowest BCUT2D eigenvalue weighted by Gasteiger charge is -2.32. The van der Waals surface area contributed by atoms with Crippen molar-refractivity contribution in [2.24, 2.45) is 5.92 Å². The Balaban J connectivity index is 1.58. The van der Waals surface area contributed by atoms with E-state index in [2.05, 4.69) is 24.3 Å². The van der Waals surface area contributed by atoms with Gasteiger partial charge in [0, 0.05) is 32.1 Å². The summed E-state index contributed by atoms with van der Waals surface area (Å²) in [5.41, 5.74) is 2.08. The third-order valence-corrected chi connectivity index (χ3v) is 6.29. The van der Waals surface area contributed by atoms with E-state index in [0.717, 1.165) is 37.2 Å². The van der Waals surface area contributed by atoms with Gasteiger partial charge in [-0.3, -0.25) is 9.59 Å². The molecule has 2 amide bonds. The molecule has 28 heavy (non-hydrogen) atoms. The van der Waals surface area contributed by atoms with Crippen LogP contribution in [0, 0.1) is 5.92 Å². The van der Waals surface area contributed by atoms with Crippen molar-refractivity contribution in [3.8, 4) is 0 Å². The Morgan fingerprint density at radius 2 is 1.64 bits per heavy atom. The zero-order chi connectivity index (χ0) is 19.9. The van der Waals surface area contributed by atoms with Crippen LogP contribution in [0.15, 0.2) is 59.5 Å². The minimum atomic E-state index is 0.0500. The summed E-state index contributed by atoms with van der Waals surface area (Å²) in [6.07, 6.45) is 3.16. The molecule has 0 unspecified atom stereocenters.